The third-order valence-corrected chi connectivity index (χ3v) is 4.47. The minimum atomic E-state index is 0.137. The van der Waals surface area contributed by atoms with Crippen LogP contribution >= 0.6 is 0 Å². The summed E-state index contributed by atoms with van der Waals surface area (Å²) in [5.74, 6) is 0.914. The molecular weight excluding hydrogens is 264 g/mol. The van der Waals surface area contributed by atoms with E-state index in [1.807, 2.05) is 24.0 Å². The van der Waals surface area contributed by atoms with Crippen LogP contribution < -0.4 is 5.32 Å². The van der Waals surface area contributed by atoms with Gasteiger partial charge < -0.3 is 10.2 Å². The Kier molecular flexibility index (Phi) is 4.39. The van der Waals surface area contributed by atoms with Crippen molar-refractivity contribution in [2.45, 2.75) is 32.2 Å². The van der Waals surface area contributed by atoms with Crippen molar-refractivity contribution in [2.75, 3.05) is 38.0 Å². The van der Waals surface area contributed by atoms with Gasteiger partial charge in [-0.2, -0.15) is 0 Å². The maximum Gasteiger partial charge on any atom is 0.254 e. The molecule has 3 rings (SSSR count). The maximum absolute atomic E-state index is 12.6. The van der Waals surface area contributed by atoms with E-state index in [-0.39, 0.29) is 5.91 Å². The molecule has 1 amide bonds. The highest BCUT2D eigenvalue weighted by Crippen LogP contribution is 2.22. The minimum absolute atomic E-state index is 0.137. The van der Waals surface area contributed by atoms with Gasteiger partial charge in [0.2, 0.25) is 0 Å². The highest BCUT2D eigenvalue weighted by atomic mass is 16.2. The Morgan fingerprint density at radius 1 is 1.38 bits per heavy atom. The second-order valence-corrected chi connectivity index (χ2v) is 5.90. The molecule has 5 heteroatoms. The zero-order valence-corrected chi connectivity index (χ0v) is 12.7. The number of anilines is 1. The molecule has 114 valence electrons. The summed E-state index contributed by atoms with van der Waals surface area (Å²) in [7, 11) is 0. The second kappa shape index (κ2) is 6.43. The summed E-state index contributed by atoms with van der Waals surface area (Å²) in [5.41, 5.74) is 0.739. The lowest BCUT2D eigenvalue weighted by atomic mass is 10.2. The molecule has 0 radical (unpaired) electrons. The monoisotopic (exact) mass is 288 g/mol. The van der Waals surface area contributed by atoms with E-state index in [9.17, 15) is 4.79 Å². The standard InChI is InChI=1S/C16H24N4O/c1-2-17-15-11-13(5-7-18-15)16(21)20-10-6-14(12-20)19-8-3-4-9-19/h5,7,11,14H,2-4,6,8-10,12H2,1H3,(H,17,18). The van der Waals surface area contributed by atoms with E-state index in [1.165, 1.54) is 25.9 Å². The predicted octanol–water partition coefficient (Wildman–Crippen LogP) is 1.82. The molecule has 0 aromatic carbocycles. The van der Waals surface area contributed by atoms with Gasteiger partial charge in [0, 0.05) is 37.4 Å². The lowest BCUT2D eigenvalue weighted by Gasteiger charge is -2.23. The molecule has 2 aliphatic rings. The van der Waals surface area contributed by atoms with Crippen molar-refractivity contribution in [3.05, 3.63) is 23.9 Å². The van der Waals surface area contributed by atoms with Crippen LogP contribution in [0.1, 0.15) is 36.5 Å². The van der Waals surface area contributed by atoms with Gasteiger partial charge in [0.15, 0.2) is 0 Å². The molecule has 2 fully saturated rings. The first kappa shape index (κ1) is 14.3. The first-order chi connectivity index (χ1) is 10.3. The van der Waals surface area contributed by atoms with E-state index >= 15 is 0 Å². The first-order valence-electron chi connectivity index (χ1n) is 8.01. The molecule has 0 saturated carbocycles. The zero-order chi connectivity index (χ0) is 14.7. The SMILES string of the molecule is CCNc1cc(C(=O)N2CCC(N3CCCC3)C2)ccn1. The summed E-state index contributed by atoms with van der Waals surface area (Å²) in [4.78, 5) is 21.4. The molecule has 0 bridgehead atoms. The lowest BCUT2D eigenvalue weighted by molar-refractivity contribution is 0.0780. The summed E-state index contributed by atoms with van der Waals surface area (Å²) in [6.07, 6.45) is 5.43. The number of likely N-dealkylation sites (tertiary alicyclic amines) is 2. The van der Waals surface area contributed by atoms with Gasteiger partial charge in [-0.25, -0.2) is 4.98 Å². The van der Waals surface area contributed by atoms with Gasteiger partial charge in [-0.05, 0) is 51.4 Å². The van der Waals surface area contributed by atoms with E-state index in [2.05, 4.69) is 15.2 Å². The van der Waals surface area contributed by atoms with Crippen LogP contribution in [0.3, 0.4) is 0 Å². The van der Waals surface area contributed by atoms with Crippen LogP contribution in [-0.2, 0) is 0 Å². The second-order valence-electron chi connectivity index (χ2n) is 5.90. The first-order valence-corrected chi connectivity index (χ1v) is 8.01. The van der Waals surface area contributed by atoms with E-state index in [4.69, 9.17) is 0 Å². The zero-order valence-electron chi connectivity index (χ0n) is 12.7. The van der Waals surface area contributed by atoms with Gasteiger partial charge in [-0.15, -0.1) is 0 Å². The predicted molar refractivity (Wildman–Crippen MR) is 83.5 cm³/mol. The number of nitrogens with one attached hydrogen (secondary N) is 1. The molecule has 21 heavy (non-hydrogen) atoms. The summed E-state index contributed by atoms with van der Waals surface area (Å²) < 4.78 is 0. The Morgan fingerprint density at radius 3 is 2.95 bits per heavy atom. The van der Waals surface area contributed by atoms with Gasteiger partial charge in [-0.1, -0.05) is 0 Å². The topological polar surface area (TPSA) is 48.5 Å². The van der Waals surface area contributed by atoms with E-state index in [0.717, 1.165) is 37.4 Å². The summed E-state index contributed by atoms with van der Waals surface area (Å²) in [5, 5.41) is 3.16. The summed E-state index contributed by atoms with van der Waals surface area (Å²) >= 11 is 0. The van der Waals surface area contributed by atoms with E-state index in [1.54, 1.807) is 6.20 Å². The number of carbonyl (C=O) groups is 1. The van der Waals surface area contributed by atoms with Crippen LogP contribution in [0, 0.1) is 0 Å². The fourth-order valence-corrected chi connectivity index (χ4v) is 3.36. The summed E-state index contributed by atoms with van der Waals surface area (Å²) in [6, 6.07) is 4.23. The Bertz CT molecular complexity index is 499. The van der Waals surface area contributed by atoms with E-state index in [0.29, 0.717) is 6.04 Å². The number of nitrogens with zero attached hydrogens (tertiary/aromatic N) is 3. The molecule has 1 atom stereocenters. The van der Waals surface area contributed by atoms with Crippen molar-refractivity contribution in [1.82, 2.24) is 14.8 Å². The molecule has 5 nitrogen and oxygen atoms in total. The smallest absolute Gasteiger partial charge is 0.254 e. The minimum Gasteiger partial charge on any atom is -0.370 e. The van der Waals surface area contributed by atoms with Gasteiger partial charge in [0.25, 0.3) is 5.91 Å². The van der Waals surface area contributed by atoms with Crippen molar-refractivity contribution < 1.29 is 4.79 Å². The fourth-order valence-electron chi connectivity index (χ4n) is 3.36. The van der Waals surface area contributed by atoms with Crippen molar-refractivity contribution in [1.29, 1.82) is 0 Å². The van der Waals surface area contributed by atoms with Crippen LogP contribution in [0.5, 0.6) is 0 Å². The molecule has 0 aliphatic carbocycles. The van der Waals surface area contributed by atoms with Crippen molar-refractivity contribution in [2.24, 2.45) is 0 Å². The molecule has 2 aliphatic heterocycles. The van der Waals surface area contributed by atoms with Gasteiger partial charge in [0.05, 0.1) is 0 Å². The van der Waals surface area contributed by atoms with Crippen LogP contribution in [0.2, 0.25) is 0 Å². The number of amides is 1. The Labute approximate surface area is 126 Å². The molecule has 1 N–H and O–H groups in total. The van der Waals surface area contributed by atoms with Crippen molar-refractivity contribution in [3.8, 4) is 0 Å². The molecule has 3 heterocycles. The van der Waals surface area contributed by atoms with Gasteiger partial charge in [-0.3, -0.25) is 9.69 Å². The average molecular weight is 288 g/mol. The normalized spacial score (nSPS) is 22.7. The number of carbonyl (C=O) groups excluding carboxylic acids is 1. The average Bonchev–Trinajstić information content (AvgIpc) is 3.18. The van der Waals surface area contributed by atoms with E-state index < -0.39 is 0 Å². The molecule has 1 aromatic rings. The highest BCUT2D eigenvalue weighted by Gasteiger charge is 2.31. The van der Waals surface area contributed by atoms with Gasteiger partial charge in [0.1, 0.15) is 5.82 Å². The summed E-state index contributed by atoms with van der Waals surface area (Å²) in [6.45, 7) is 6.98. The largest absolute Gasteiger partial charge is 0.370 e. The molecule has 1 aromatic heterocycles. The molecule has 1 unspecified atom stereocenters. The van der Waals surface area contributed by atoms with Crippen LogP contribution in [0.25, 0.3) is 0 Å². The fraction of sp³-hybridized carbons (Fsp3) is 0.625. The third-order valence-electron chi connectivity index (χ3n) is 4.47. The van der Waals surface area contributed by atoms with Crippen LogP contribution in [0.4, 0.5) is 5.82 Å². The van der Waals surface area contributed by atoms with Crippen molar-refractivity contribution in [3.63, 3.8) is 0 Å². The third kappa shape index (κ3) is 3.18. The Morgan fingerprint density at radius 2 is 2.19 bits per heavy atom. The molecule has 0 spiro atoms. The Balaban J connectivity index is 1.64. The number of hydrogen-bond donors (Lipinski definition) is 1. The number of hydrogen-bond acceptors (Lipinski definition) is 4. The number of aromatic nitrogens is 1. The number of pyridine rings is 1. The van der Waals surface area contributed by atoms with Crippen molar-refractivity contribution >= 4 is 11.7 Å². The number of rotatable bonds is 4. The van der Waals surface area contributed by atoms with Crippen LogP contribution in [0.15, 0.2) is 18.3 Å². The highest BCUT2D eigenvalue weighted by molar-refractivity contribution is 5.95. The molecule has 2 saturated heterocycles. The maximum atomic E-state index is 12.6. The van der Waals surface area contributed by atoms with Crippen LogP contribution in [-0.4, -0.2) is 59.5 Å². The van der Waals surface area contributed by atoms with Gasteiger partial charge >= 0.3 is 0 Å². The quantitative estimate of drug-likeness (QED) is 0.918. The molecular formula is C16H24N4O. The lowest BCUT2D eigenvalue weighted by Crippen LogP contribution is -2.37. The Hall–Kier alpha value is -1.62.